The van der Waals surface area contributed by atoms with Gasteiger partial charge in [-0.2, -0.15) is 5.10 Å². The van der Waals surface area contributed by atoms with Crippen LogP contribution >= 0.6 is 0 Å². The molecule has 2 N–H and O–H groups in total. The maximum Gasteiger partial charge on any atom is 0.335 e. The molecule has 0 bridgehead atoms. The molecule has 164 valence electrons. The molecule has 0 saturated carbocycles. The highest BCUT2D eigenvalue weighted by atomic mass is 16.5. The number of aromatic carboxylic acids is 1. The number of rotatable bonds is 5. The van der Waals surface area contributed by atoms with Gasteiger partial charge in [0.1, 0.15) is 11.4 Å². The normalized spacial score (nSPS) is 17.4. The molecule has 1 atom stereocenters. The molecule has 2 heterocycles. The lowest BCUT2D eigenvalue weighted by Gasteiger charge is -2.28. The van der Waals surface area contributed by atoms with Crippen LogP contribution in [0.4, 0.5) is 5.69 Å². The van der Waals surface area contributed by atoms with Crippen molar-refractivity contribution in [3.8, 4) is 5.75 Å². The molecule has 3 aromatic rings. The third-order valence-electron chi connectivity index (χ3n) is 5.93. The van der Waals surface area contributed by atoms with E-state index in [1.165, 1.54) is 12.1 Å². The maximum atomic E-state index is 13.5. The van der Waals surface area contributed by atoms with E-state index in [1.54, 1.807) is 24.1 Å². The number of benzene rings is 3. The highest BCUT2D eigenvalue weighted by molar-refractivity contribution is 6.13. The molecule has 3 aromatic carbocycles. The predicted octanol–water partition coefficient (Wildman–Crippen LogP) is 4.13. The first-order valence-corrected chi connectivity index (χ1v) is 10.5. The summed E-state index contributed by atoms with van der Waals surface area (Å²) in [6, 6.07) is 23.4. The van der Waals surface area contributed by atoms with Gasteiger partial charge in [-0.1, -0.05) is 42.5 Å². The Morgan fingerprint density at radius 1 is 1.03 bits per heavy atom. The molecule has 7 heteroatoms. The van der Waals surface area contributed by atoms with Crippen molar-refractivity contribution in [2.45, 2.75) is 12.5 Å². The summed E-state index contributed by atoms with van der Waals surface area (Å²) < 4.78 is 5.30. The molecule has 1 unspecified atom stereocenters. The van der Waals surface area contributed by atoms with Gasteiger partial charge in [-0.3, -0.25) is 15.1 Å². The van der Waals surface area contributed by atoms with Crippen LogP contribution in [0.3, 0.4) is 0 Å². The fourth-order valence-electron chi connectivity index (χ4n) is 4.28. The van der Waals surface area contributed by atoms with Gasteiger partial charge in [-0.05, 0) is 53.1 Å². The van der Waals surface area contributed by atoms with Crippen LogP contribution in [-0.2, 0) is 4.79 Å². The number of carboxylic acid groups (broad SMARTS) is 1. The summed E-state index contributed by atoms with van der Waals surface area (Å²) in [6.07, 6.45) is 0.512. The summed E-state index contributed by atoms with van der Waals surface area (Å²) in [6.45, 7) is 0. The second-order valence-electron chi connectivity index (χ2n) is 7.82. The minimum Gasteiger partial charge on any atom is -0.497 e. The molecular formula is C26H21N3O4. The topological polar surface area (TPSA) is 91.2 Å². The van der Waals surface area contributed by atoms with Gasteiger partial charge in [0.05, 0.1) is 24.4 Å². The third-order valence-corrected chi connectivity index (χ3v) is 5.93. The SMILES string of the molecule is COc1ccc(C2C3=C(NN=C(c4ccccc4)C3)C(=O)N2c2ccc(C(=O)O)cc2)cc1. The number of carboxylic acids is 1. The van der Waals surface area contributed by atoms with Crippen molar-refractivity contribution >= 4 is 23.3 Å². The van der Waals surface area contributed by atoms with E-state index in [4.69, 9.17) is 4.74 Å². The van der Waals surface area contributed by atoms with Gasteiger partial charge in [0, 0.05) is 12.1 Å². The van der Waals surface area contributed by atoms with Crippen molar-refractivity contribution in [3.63, 3.8) is 0 Å². The molecular weight excluding hydrogens is 418 g/mol. The van der Waals surface area contributed by atoms with E-state index < -0.39 is 5.97 Å². The predicted molar refractivity (Wildman–Crippen MR) is 124 cm³/mol. The summed E-state index contributed by atoms with van der Waals surface area (Å²) in [5, 5.41) is 13.7. The van der Waals surface area contributed by atoms with Gasteiger partial charge >= 0.3 is 5.97 Å². The van der Waals surface area contributed by atoms with E-state index in [0.29, 0.717) is 17.8 Å². The van der Waals surface area contributed by atoms with Crippen molar-refractivity contribution in [1.29, 1.82) is 0 Å². The molecule has 0 aliphatic carbocycles. The maximum absolute atomic E-state index is 13.5. The molecule has 33 heavy (non-hydrogen) atoms. The van der Waals surface area contributed by atoms with Crippen LogP contribution in [0.2, 0.25) is 0 Å². The lowest BCUT2D eigenvalue weighted by molar-refractivity contribution is -0.115. The van der Waals surface area contributed by atoms with Crippen molar-refractivity contribution < 1.29 is 19.4 Å². The largest absolute Gasteiger partial charge is 0.497 e. The molecule has 5 rings (SSSR count). The first kappa shape index (κ1) is 20.5. The van der Waals surface area contributed by atoms with Crippen molar-refractivity contribution in [3.05, 3.63) is 107 Å². The summed E-state index contributed by atoms with van der Waals surface area (Å²) in [5.41, 5.74) is 7.90. The molecule has 0 fully saturated rings. The molecule has 0 spiro atoms. The van der Waals surface area contributed by atoms with Gasteiger partial charge in [-0.25, -0.2) is 4.79 Å². The van der Waals surface area contributed by atoms with Gasteiger partial charge in [0.2, 0.25) is 0 Å². The highest BCUT2D eigenvalue weighted by Gasteiger charge is 2.43. The van der Waals surface area contributed by atoms with E-state index in [0.717, 1.165) is 28.2 Å². The third kappa shape index (κ3) is 3.63. The number of nitrogens with one attached hydrogen (secondary N) is 1. The smallest absolute Gasteiger partial charge is 0.335 e. The number of nitrogens with zero attached hydrogens (tertiary/aromatic N) is 2. The number of ether oxygens (including phenoxy) is 1. The number of hydrogen-bond acceptors (Lipinski definition) is 5. The van der Waals surface area contributed by atoms with Crippen LogP contribution in [0.15, 0.2) is 95.2 Å². The van der Waals surface area contributed by atoms with Crippen LogP contribution in [0.5, 0.6) is 5.75 Å². The van der Waals surface area contributed by atoms with Crippen molar-refractivity contribution in [2.24, 2.45) is 5.10 Å². The number of methoxy groups -OCH3 is 1. The number of carbonyl (C=O) groups is 2. The van der Waals surface area contributed by atoms with Crippen LogP contribution < -0.4 is 15.1 Å². The van der Waals surface area contributed by atoms with Gasteiger partial charge in [-0.15, -0.1) is 0 Å². The fraction of sp³-hybridized carbons (Fsp3) is 0.115. The van der Waals surface area contributed by atoms with Crippen LogP contribution in [0.1, 0.15) is 33.9 Å². The van der Waals surface area contributed by atoms with Crippen molar-refractivity contribution in [2.75, 3.05) is 12.0 Å². The van der Waals surface area contributed by atoms with Crippen LogP contribution in [-0.4, -0.2) is 29.8 Å². The fourth-order valence-corrected chi connectivity index (χ4v) is 4.28. The van der Waals surface area contributed by atoms with Gasteiger partial charge < -0.3 is 9.84 Å². The lowest BCUT2D eigenvalue weighted by atomic mass is 9.92. The van der Waals surface area contributed by atoms with E-state index in [-0.39, 0.29) is 17.5 Å². The summed E-state index contributed by atoms with van der Waals surface area (Å²) in [5.74, 6) is -0.492. The highest BCUT2D eigenvalue weighted by Crippen LogP contribution is 2.43. The van der Waals surface area contributed by atoms with E-state index in [9.17, 15) is 14.7 Å². The first-order valence-electron chi connectivity index (χ1n) is 10.5. The molecule has 1 amide bonds. The Morgan fingerprint density at radius 3 is 2.36 bits per heavy atom. The number of hydrazone groups is 1. The molecule has 0 aromatic heterocycles. The second kappa shape index (κ2) is 8.27. The standard InChI is InChI=1S/C26H21N3O4/c1-33-20-13-9-17(10-14-20)24-21-15-22(16-5-3-2-4-6-16)27-28-23(21)25(30)29(24)19-11-7-18(8-12-19)26(31)32/h2-14,24,28H,15H2,1H3,(H,31,32). The Bertz CT molecular complexity index is 1280. The number of carbonyl (C=O) groups excluding carboxylic acids is 1. The van der Waals surface area contributed by atoms with E-state index >= 15 is 0 Å². The zero-order valence-corrected chi connectivity index (χ0v) is 17.9. The average Bonchev–Trinajstić information content (AvgIpc) is 3.16. The van der Waals surface area contributed by atoms with Gasteiger partial charge in [0.25, 0.3) is 5.91 Å². The lowest BCUT2D eigenvalue weighted by Crippen LogP contribution is -2.31. The van der Waals surface area contributed by atoms with E-state index in [2.05, 4.69) is 10.5 Å². The average molecular weight is 439 g/mol. The number of hydrogen-bond donors (Lipinski definition) is 2. The monoisotopic (exact) mass is 439 g/mol. The van der Waals surface area contributed by atoms with E-state index in [1.807, 2.05) is 54.6 Å². The molecule has 0 radical (unpaired) electrons. The number of anilines is 1. The minimum atomic E-state index is -1.01. The number of amides is 1. The Kier molecular flexibility index (Phi) is 5.14. The van der Waals surface area contributed by atoms with Gasteiger partial charge in [0.15, 0.2) is 0 Å². The summed E-state index contributed by atoms with van der Waals surface area (Å²) >= 11 is 0. The Hall–Kier alpha value is -4.39. The first-order chi connectivity index (χ1) is 16.1. The van der Waals surface area contributed by atoms with Crippen LogP contribution in [0, 0.1) is 0 Å². The Labute approximate surface area is 190 Å². The Morgan fingerprint density at radius 2 is 1.73 bits per heavy atom. The molecule has 7 nitrogen and oxygen atoms in total. The summed E-state index contributed by atoms with van der Waals surface area (Å²) in [4.78, 5) is 26.5. The summed E-state index contributed by atoms with van der Waals surface area (Å²) in [7, 11) is 1.61. The molecule has 2 aliphatic rings. The Balaban J connectivity index is 1.57. The quantitative estimate of drug-likeness (QED) is 0.624. The minimum absolute atomic E-state index is 0.164. The van der Waals surface area contributed by atoms with Crippen LogP contribution in [0.25, 0.3) is 0 Å². The molecule has 0 saturated heterocycles. The van der Waals surface area contributed by atoms with Crippen molar-refractivity contribution in [1.82, 2.24) is 5.43 Å². The second-order valence-corrected chi connectivity index (χ2v) is 7.82. The molecule has 2 aliphatic heterocycles. The zero-order chi connectivity index (χ0) is 22.9. The zero-order valence-electron chi connectivity index (χ0n) is 17.9.